The first kappa shape index (κ1) is 13.6. The number of methoxy groups -OCH3 is 1. The lowest BCUT2D eigenvalue weighted by Crippen LogP contribution is -2.21. The van der Waals surface area contributed by atoms with Gasteiger partial charge in [0.05, 0.1) is 19.8 Å². The number of hydrogen-bond acceptors (Lipinski definition) is 3. The van der Waals surface area contributed by atoms with Gasteiger partial charge in [0.2, 0.25) is 0 Å². The average molecular weight is 301 g/mol. The van der Waals surface area contributed by atoms with Gasteiger partial charge in [-0.05, 0) is 23.8 Å². The fourth-order valence-corrected chi connectivity index (χ4v) is 1.40. The van der Waals surface area contributed by atoms with E-state index in [9.17, 15) is 0 Å². The molecule has 4 heteroatoms. The second-order valence-corrected chi connectivity index (χ2v) is 3.83. The van der Waals surface area contributed by atoms with Crippen molar-refractivity contribution in [2.45, 2.75) is 12.8 Å². The Morgan fingerprint density at radius 1 is 1.08 bits per heavy atom. The molecule has 0 heterocycles. The Balaban J connectivity index is 2.76. The molecule has 0 aromatic rings. The van der Waals surface area contributed by atoms with Crippen LogP contribution in [0.2, 0.25) is 0 Å². The summed E-state index contributed by atoms with van der Waals surface area (Å²) in [6.45, 7) is 4.23. The van der Waals surface area contributed by atoms with Crippen LogP contribution in [-0.2, 0) is 9.47 Å². The Hall–Kier alpha value is 0.610. The lowest BCUT2D eigenvalue weighted by Gasteiger charge is -2.04. The summed E-state index contributed by atoms with van der Waals surface area (Å²) in [5, 5.41) is 3.33. The van der Waals surface area contributed by atoms with Gasteiger partial charge in [0.25, 0.3) is 0 Å². The van der Waals surface area contributed by atoms with Crippen LogP contribution in [-0.4, -0.2) is 44.4 Å². The molecule has 0 bridgehead atoms. The maximum atomic E-state index is 5.29. The van der Waals surface area contributed by atoms with Gasteiger partial charge in [-0.2, -0.15) is 0 Å². The molecule has 0 saturated carbocycles. The molecule has 0 aliphatic carbocycles. The summed E-state index contributed by atoms with van der Waals surface area (Å²) in [6.07, 6.45) is 2.57. The van der Waals surface area contributed by atoms with Crippen LogP contribution in [0, 0.1) is 0 Å². The molecule has 0 spiro atoms. The fourth-order valence-electron chi connectivity index (χ4n) is 0.858. The van der Waals surface area contributed by atoms with Crippen LogP contribution >= 0.6 is 22.6 Å². The van der Waals surface area contributed by atoms with Crippen molar-refractivity contribution < 1.29 is 9.47 Å². The maximum Gasteiger partial charge on any atom is 0.0700 e. The van der Waals surface area contributed by atoms with E-state index in [2.05, 4.69) is 27.9 Å². The largest absolute Gasteiger partial charge is 0.382 e. The van der Waals surface area contributed by atoms with E-state index in [1.54, 1.807) is 7.11 Å². The monoisotopic (exact) mass is 301 g/mol. The third-order valence-electron chi connectivity index (χ3n) is 1.59. The van der Waals surface area contributed by atoms with Gasteiger partial charge < -0.3 is 14.8 Å². The van der Waals surface area contributed by atoms with Crippen molar-refractivity contribution in [1.29, 1.82) is 0 Å². The molecule has 0 atom stereocenters. The van der Waals surface area contributed by atoms with Gasteiger partial charge in [0, 0.05) is 13.7 Å². The zero-order valence-corrected chi connectivity index (χ0v) is 10.5. The Bertz CT molecular complexity index is 83.7. The maximum absolute atomic E-state index is 5.29. The molecule has 3 nitrogen and oxygen atoms in total. The molecule has 13 heavy (non-hydrogen) atoms. The van der Waals surface area contributed by atoms with E-state index >= 15 is 0 Å². The minimum atomic E-state index is 0.689. The molecule has 0 unspecified atom stereocenters. The standard InChI is InChI=1S/C9H20INO2/c1-12-8-9-13-7-6-11-5-3-2-4-10/h11H,2-9H2,1H3. The van der Waals surface area contributed by atoms with Crippen molar-refractivity contribution in [2.24, 2.45) is 0 Å². The van der Waals surface area contributed by atoms with E-state index in [0.29, 0.717) is 13.2 Å². The number of unbranched alkanes of at least 4 members (excludes halogenated alkanes) is 1. The van der Waals surface area contributed by atoms with Gasteiger partial charge in [-0.25, -0.2) is 0 Å². The average Bonchev–Trinajstić information content (AvgIpc) is 2.16. The summed E-state index contributed by atoms with van der Waals surface area (Å²) in [7, 11) is 1.69. The van der Waals surface area contributed by atoms with Crippen molar-refractivity contribution >= 4 is 22.6 Å². The zero-order valence-electron chi connectivity index (χ0n) is 8.35. The Morgan fingerprint density at radius 2 is 1.92 bits per heavy atom. The van der Waals surface area contributed by atoms with Gasteiger partial charge in [-0.3, -0.25) is 0 Å². The zero-order chi connectivity index (χ0) is 9.78. The number of ether oxygens (including phenoxy) is 2. The molecule has 0 aliphatic heterocycles. The molecule has 0 aliphatic rings. The van der Waals surface area contributed by atoms with E-state index in [1.165, 1.54) is 17.3 Å². The van der Waals surface area contributed by atoms with Crippen LogP contribution in [0.15, 0.2) is 0 Å². The van der Waals surface area contributed by atoms with Crippen molar-refractivity contribution in [3.8, 4) is 0 Å². The summed E-state index contributed by atoms with van der Waals surface area (Å²) in [5.41, 5.74) is 0. The topological polar surface area (TPSA) is 30.5 Å². The first-order valence-corrected chi connectivity index (χ1v) is 6.27. The van der Waals surface area contributed by atoms with Gasteiger partial charge >= 0.3 is 0 Å². The van der Waals surface area contributed by atoms with Crippen molar-refractivity contribution in [2.75, 3.05) is 44.4 Å². The second kappa shape index (κ2) is 12.6. The smallest absolute Gasteiger partial charge is 0.0700 e. The minimum absolute atomic E-state index is 0.689. The third-order valence-corrected chi connectivity index (χ3v) is 2.35. The first-order chi connectivity index (χ1) is 6.41. The van der Waals surface area contributed by atoms with Crippen LogP contribution < -0.4 is 5.32 Å². The second-order valence-electron chi connectivity index (χ2n) is 2.75. The predicted octanol–water partition coefficient (Wildman–Crippen LogP) is 1.45. The van der Waals surface area contributed by atoms with Gasteiger partial charge in [-0.1, -0.05) is 22.6 Å². The highest BCUT2D eigenvalue weighted by Crippen LogP contribution is 1.91. The van der Waals surface area contributed by atoms with E-state index in [4.69, 9.17) is 9.47 Å². The van der Waals surface area contributed by atoms with Crippen LogP contribution in [0.4, 0.5) is 0 Å². The number of hydrogen-bond donors (Lipinski definition) is 1. The Kier molecular flexibility index (Phi) is 13.2. The first-order valence-electron chi connectivity index (χ1n) is 4.75. The van der Waals surface area contributed by atoms with E-state index in [0.717, 1.165) is 19.7 Å². The van der Waals surface area contributed by atoms with Crippen LogP contribution in [0.5, 0.6) is 0 Å². The van der Waals surface area contributed by atoms with Gasteiger partial charge in [0.1, 0.15) is 0 Å². The van der Waals surface area contributed by atoms with Crippen LogP contribution in [0.25, 0.3) is 0 Å². The summed E-state index contributed by atoms with van der Waals surface area (Å²) >= 11 is 2.40. The number of rotatable bonds is 10. The van der Waals surface area contributed by atoms with Gasteiger partial charge in [-0.15, -0.1) is 0 Å². The minimum Gasteiger partial charge on any atom is -0.382 e. The highest BCUT2D eigenvalue weighted by atomic mass is 127. The molecular weight excluding hydrogens is 281 g/mol. The molecule has 0 saturated heterocycles. The summed E-state index contributed by atoms with van der Waals surface area (Å²) < 4.78 is 11.4. The molecule has 0 aromatic heterocycles. The lowest BCUT2D eigenvalue weighted by molar-refractivity contribution is 0.0720. The summed E-state index contributed by atoms with van der Waals surface area (Å²) in [6, 6.07) is 0. The van der Waals surface area contributed by atoms with Gasteiger partial charge in [0.15, 0.2) is 0 Å². The summed E-state index contributed by atoms with van der Waals surface area (Å²) in [5.74, 6) is 0. The number of alkyl halides is 1. The molecule has 0 rings (SSSR count). The molecular formula is C9H20INO2. The Labute approximate surface area is 94.7 Å². The molecule has 80 valence electrons. The quantitative estimate of drug-likeness (QED) is 0.376. The SMILES string of the molecule is COCCOCCNCCCCI. The van der Waals surface area contributed by atoms with E-state index < -0.39 is 0 Å². The fraction of sp³-hybridized carbons (Fsp3) is 1.00. The highest BCUT2D eigenvalue weighted by molar-refractivity contribution is 14.1. The normalized spacial score (nSPS) is 10.6. The number of halogens is 1. The predicted molar refractivity (Wildman–Crippen MR) is 63.7 cm³/mol. The highest BCUT2D eigenvalue weighted by Gasteiger charge is 1.89. The Morgan fingerprint density at radius 3 is 2.62 bits per heavy atom. The van der Waals surface area contributed by atoms with Crippen LogP contribution in [0.1, 0.15) is 12.8 Å². The molecule has 0 radical (unpaired) electrons. The van der Waals surface area contributed by atoms with Crippen molar-refractivity contribution in [3.63, 3.8) is 0 Å². The van der Waals surface area contributed by atoms with Crippen molar-refractivity contribution in [1.82, 2.24) is 5.32 Å². The molecule has 0 fully saturated rings. The molecule has 0 aromatic carbocycles. The number of nitrogens with one attached hydrogen (secondary N) is 1. The molecule has 1 N–H and O–H groups in total. The van der Waals surface area contributed by atoms with E-state index in [1.807, 2.05) is 0 Å². The summed E-state index contributed by atoms with van der Waals surface area (Å²) in [4.78, 5) is 0. The van der Waals surface area contributed by atoms with Crippen LogP contribution in [0.3, 0.4) is 0 Å². The lowest BCUT2D eigenvalue weighted by atomic mass is 10.3. The molecule has 0 amide bonds. The van der Waals surface area contributed by atoms with Crippen molar-refractivity contribution in [3.05, 3.63) is 0 Å². The third kappa shape index (κ3) is 12.6. The van der Waals surface area contributed by atoms with E-state index in [-0.39, 0.29) is 0 Å².